The molecule has 1 N–H and O–H groups in total. The van der Waals surface area contributed by atoms with Gasteiger partial charge >= 0.3 is 0 Å². The molecule has 0 aliphatic carbocycles. The molecular formula is C13H12ClNO2S. The normalized spacial score (nSPS) is 10.1. The predicted molar refractivity (Wildman–Crippen MR) is 73.5 cm³/mol. The first kappa shape index (κ1) is 12.9. The highest BCUT2D eigenvalue weighted by Gasteiger charge is 2.07. The lowest BCUT2D eigenvalue weighted by atomic mass is 10.2. The Morgan fingerprint density at radius 1 is 1.39 bits per heavy atom. The predicted octanol–water partition coefficient (Wildman–Crippen LogP) is 3.34. The third kappa shape index (κ3) is 3.24. The highest BCUT2D eigenvalue weighted by molar-refractivity contribution is 7.16. The summed E-state index contributed by atoms with van der Waals surface area (Å²) in [5, 5.41) is 2.84. The second kappa shape index (κ2) is 5.89. The molecule has 0 saturated carbocycles. The number of hydrogen-bond donors (Lipinski definition) is 1. The molecule has 1 amide bonds. The van der Waals surface area contributed by atoms with Gasteiger partial charge in [0.15, 0.2) is 0 Å². The number of nitrogens with one attached hydrogen (secondary N) is 1. The van der Waals surface area contributed by atoms with E-state index in [0.717, 1.165) is 9.21 Å². The summed E-state index contributed by atoms with van der Waals surface area (Å²) in [5.41, 5.74) is 0.581. The number of carbonyl (C=O) groups excluding carboxylic acids is 1. The van der Waals surface area contributed by atoms with Crippen molar-refractivity contribution in [3.05, 3.63) is 51.2 Å². The third-order valence-electron chi connectivity index (χ3n) is 2.38. The van der Waals surface area contributed by atoms with Gasteiger partial charge in [-0.05, 0) is 30.3 Å². The molecule has 0 saturated heterocycles. The summed E-state index contributed by atoms with van der Waals surface area (Å²) in [7, 11) is 1.57. The van der Waals surface area contributed by atoms with Crippen LogP contribution in [0.2, 0.25) is 4.34 Å². The first-order valence-electron chi connectivity index (χ1n) is 5.35. The minimum atomic E-state index is -0.126. The summed E-state index contributed by atoms with van der Waals surface area (Å²) in [4.78, 5) is 12.9. The molecular weight excluding hydrogens is 270 g/mol. The lowest BCUT2D eigenvalue weighted by Crippen LogP contribution is -2.22. The number of halogens is 1. The minimum absolute atomic E-state index is 0.126. The van der Waals surface area contributed by atoms with E-state index in [1.807, 2.05) is 12.1 Å². The fourth-order valence-electron chi connectivity index (χ4n) is 1.48. The van der Waals surface area contributed by atoms with Gasteiger partial charge in [0.2, 0.25) is 0 Å². The Morgan fingerprint density at radius 2 is 2.22 bits per heavy atom. The molecule has 0 atom stereocenters. The van der Waals surface area contributed by atoms with Gasteiger partial charge in [0, 0.05) is 10.4 Å². The van der Waals surface area contributed by atoms with E-state index in [1.54, 1.807) is 31.4 Å². The second-order valence-corrected chi connectivity index (χ2v) is 5.42. The summed E-state index contributed by atoms with van der Waals surface area (Å²) in [6.07, 6.45) is 0. The molecule has 5 heteroatoms. The van der Waals surface area contributed by atoms with Gasteiger partial charge in [0.1, 0.15) is 5.75 Å². The first-order chi connectivity index (χ1) is 8.69. The quantitative estimate of drug-likeness (QED) is 0.933. The number of amides is 1. The Hall–Kier alpha value is -1.52. The summed E-state index contributed by atoms with van der Waals surface area (Å²) in [5.74, 6) is 0.542. The van der Waals surface area contributed by atoms with Crippen LogP contribution in [0.4, 0.5) is 0 Å². The minimum Gasteiger partial charge on any atom is -0.497 e. The van der Waals surface area contributed by atoms with Gasteiger partial charge in [0.05, 0.1) is 18.0 Å². The van der Waals surface area contributed by atoms with Crippen LogP contribution in [0.1, 0.15) is 15.2 Å². The second-order valence-electron chi connectivity index (χ2n) is 3.62. The van der Waals surface area contributed by atoms with Gasteiger partial charge in [0.25, 0.3) is 5.91 Å². The fourth-order valence-corrected chi connectivity index (χ4v) is 2.51. The molecule has 2 rings (SSSR count). The van der Waals surface area contributed by atoms with E-state index >= 15 is 0 Å². The van der Waals surface area contributed by atoms with Crippen LogP contribution in [0.25, 0.3) is 0 Å². The summed E-state index contributed by atoms with van der Waals surface area (Å²) < 4.78 is 5.80. The molecule has 0 radical (unpaired) electrons. The molecule has 1 aromatic heterocycles. The smallest absolute Gasteiger partial charge is 0.251 e. The van der Waals surface area contributed by atoms with Crippen molar-refractivity contribution in [2.45, 2.75) is 6.54 Å². The fraction of sp³-hybridized carbons (Fsp3) is 0.154. The Labute approximate surface area is 114 Å². The molecule has 94 valence electrons. The van der Waals surface area contributed by atoms with Gasteiger partial charge < -0.3 is 10.1 Å². The highest BCUT2D eigenvalue weighted by atomic mass is 35.5. The van der Waals surface area contributed by atoms with Gasteiger partial charge in [-0.15, -0.1) is 11.3 Å². The van der Waals surface area contributed by atoms with E-state index in [9.17, 15) is 4.79 Å². The van der Waals surface area contributed by atoms with Crippen molar-refractivity contribution in [2.24, 2.45) is 0 Å². The van der Waals surface area contributed by atoms with Crippen molar-refractivity contribution in [3.63, 3.8) is 0 Å². The SMILES string of the molecule is COc1cccc(C(=O)NCc2ccc(Cl)s2)c1. The van der Waals surface area contributed by atoms with Gasteiger partial charge in [-0.25, -0.2) is 0 Å². The molecule has 0 spiro atoms. The molecule has 0 unspecified atom stereocenters. The number of ether oxygens (including phenoxy) is 1. The van der Waals surface area contributed by atoms with Crippen LogP contribution >= 0.6 is 22.9 Å². The molecule has 1 aromatic carbocycles. The molecule has 0 aliphatic heterocycles. The summed E-state index contributed by atoms with van der Waals surface area (Å²) >= 11 is 7.28. The lowest BCUT2D eigenvalue weighted by Gasteiger charge is -2.05. The molecule has 0 bridgehead atoms. The average Bonchev–Trinajstić information content (AvgIpc) is 2.82. The van der Waals surface area contributed by atoms with E-state index in [0.29, 0.717) is 17.9 Å². The topological polar surface area (TPSA) is 38.3 Å². The largest absolute Gasteiger partial charge is 0.497 e. The van der Waals surface area contributed by atoms with E-state index in [1.165, 1.54) is 11.3 Å². The number of carbonyl (C=O) groups is 1. The number of rotatable bonds is 4. The van der Waals surface area contributed by atoms with Crippen molar-refractivity contribution in [1.82, 2.24) is 5.32 Å². The number of methoxy groups -OCH3 is 1. The van der Waals surface area contributed by atoms with Crippen molar-refractivity contribution < 1.29 is 9.53 Å². The lowest BCUT2D eigenvalue weighted by molar-refractivity contribution is 0.0951. The summed E-state index contributed by atoms with van der Waals surface area (Å²) in [6, 6.07) is 10.8. The van der Waals surface area contributed by atoms with Crippen LogP contribution in [0.5, 0.6) is 5.75 Å². The Balaban J connectivity index is 1.99. The van der Waals surface area contributed by atoms with Crippen LogP contribution in [-0.2, 0) is 6.54 Å². The number of hydrogen-bond acceptors (Lipinski definition) is 3. The maximum Gasteiger partial charge on any atom is 0.251 e. The molecule has 0 fully saturated rings. The zero-order valence-corrected chi connectivity index (χ0v) is 11.3. The Kier molecular flexibility index (Phi) is 4.23. The number of benzene rings is 1. The Morgan fingerprint density at radius 3 is 2.89 bits per heavy atom. The van der Waals surface area contributed by atoms with E-state index < -0.39 is 0 Å². The third-order valence-corrected chi connectivity index (χ3v) is 3.62. The monoisotopic (exact) mass is 281 g/mol. The van der Waals surface area contributed by atoms with Crippen molar-refractivity contribution in [1.29, 1.82) is 0 Å². The molecule has 18 heavy (non-hydrogen) atoms. The maximum absolute atomic E-state index is 11.9. The maximum atomic E-state index is 11.9. The van der Waals surface area contributed by atoms with E-state index in [4.69, 9.17) is 16.3 Å². The van der Waals surface area contributed by atoms with E-state index in [2.05, 4.69) is 5.32 Å². The van der Waals surface area contributed by atoms with Crippen LogP contribution in [0.15, 0.2) is 36.4 Å². The molecule has 0 aliphatic rings. The standard InChI is InChI=1S/C13H12ClNO2S/c1-17-10-4-2-3-9(7-10)13(16)15-8-11-5-6-12(14)18-11/h2-7H,8H2,1H3,(H,15,16). The first-order valence-corrected chi connectivity index (χ1v) is 6.55. The molecule has 3 nitrogen and oxygen atoms in total. The Bertz CT molecular complexity index is 553. The molecule has 2 aromatic rings. The van der Waals surface area contributed by atoms with Gasteiger partial charge in [-0.1, -0.05) is 17.7 Å². The van der Waals surface area contributed by atoms with Crippen molar-refractivity contribution in [3.8, 4) is 5.75 Å². The van der Waals surface area contributed by atoms with Crippen LogP contribution in [0.3, 0.4) is 0 Å². The van der Waals surface area contributed by atoms with Crippen LogP contribution < -0.4 is 10.1 Å². The zero-order chi connectivity index (χ0) is 13.0. The highest BCUT2D eigenvalue weighted by Crippen LogP contribution is 2.21. The van der Waals surface area contributed by atoms with Gasteiger partial charge in [-0.2, -0.15) is 0 Å². The van der Waals surface area contributed by atoms with Gasteiger partial charge in [-0.3, -0.25) is 4.79 Å². The van der Waals surface area contributed by atoms with Crippen LogP contribution in [-0.4, -0.2) is 13.0 Å². The zero-order valence-electron chi connectivity index (χ0n) is 9.77. The molecule has 1 heterocycles. The van der Waals surface area contributed by atoms with Crippen molar-refractivity contribution >= 4 is 28.8 Å². The summed E-state index contributed by atoms with van der Waals surface area (Å²) in [6.45, 7) is 0.480. The number of thiophene rings is 1. The van der Waals surface area contributed by atoms with Crippen molar-refractivity contribution in [2.75, 3.05) is 7.11 Å². The van der Waals surface area contributed by atoms with Crippen LogP contribution in [0, 0.1) is 0 Å². The average molecular weight is 282 g/mol. The van der Waals surface area contributed by atoms with E-state index in [-0.39, 0.29) is 5.91 Å².